The summed E-state index contributed by atoms with van der Waals surface area (Å²) in [5, 5.41) is 8.92. The van der Waals surface area contributed by atoms with Crippen LogP contribution in [0.25, 0.3) is 0 Å². The zero-order valence-electron chi connectivity index (χ0n) is 8.15. The molecule has 0 aliphatic carbocycles. The standard InChI is InChI=1S/C11H15NOS/c13-9-10-1-3-11(4-2-10)12-5-7-14-8-6-12/h1-4,13H,5-9H2. The number of hydrogen-bond donors (Lipinski definition) is 1. The average molecular weight is 209 g/mol. The van der Waals surface area contributed by atoms with Crippen LogP contribution in [0.5, 0.6) is 0 Å². The van der Waals surface area contributed by atoms with Gasteiger partial charge in [0.15, 0.2) is 0 Å². The Kier molecular flexibility index (Phi) is 3.32. The third-order valence-corrected chi connectivity index (χ3v) is 3.44. The van der Waals surface area contributed by atoms with Gasteiger partial charge in [-0.3, -0.25) is 0 Å². The molecule has 0 aromatic heterocycles. The molecule has 0 saturated carbocycles. The number of benzene rings is 1. The summed E-state index contributed by atoms with van der Waals surface area (Å²) in [5.74, 6) is 2.45. The molecule has 0 amide bonds. The quantitative estimate of drug-likeness (QED) is 0.802. The number of nitrogens with zero attached hydrogens (tertiary/aromatic N) is 1. The van der Waals surface area contributed by atoms with Crippen molar-refractivity contribution in [3.05, 3.63) is 29.8 Å². The van der Waals surface area contributed by atoms with Crippen LogP contribution in [0, 0.1) is 0 Å². The molecule has 14 heavy (non-hydrogen) atoms. The summed E-state index contributed by atoms with van der Waals surface area (Å²) in [6.07, 6.45) is 0. The van der Waals surface area contributed by atoms with Crippen LogP contribution in [0.1, 0.15) is 5.56 Å². The molecule has 0 bridgehead atoms. The van der Waals surface area contributed by atoms with E-state index in [1.54, 1.807) is 0 Å². The van der Waals surface area contributed by atoms with Gasteiger partial charge in [0.05, 0.1) is 6.61 Å². The van der Waals surface area contributed by atoms with Crippen LogP contribution in [0.2, 0.25) is 0 Å². The predicted octanol–water partition coefficient (Wildman–Crippen LogP) is 1.73. The van der Waals surface area contributed by atoms with E-state index < -0.39 is 0 Å². The maximum absolute atomic E-state index is 8.92. The van der Waals surface area contributed by atoms with E-state index >= 15 is 0 Å². The van der Waals surface area contributed by atoms with Gasteiger partial charge in [0, 0.05) is 30.3 Å². The fourth-order valence-electron chi connectivity index (χ4n) is 1.63. The summed E-state index contributed by atoms with van der Waals surface area (Å²) >= 11 is 2.02. The Hall–Kier alpha value is -0.670. The summed E-state index contributed by atoms with van der Waals surface area (Å²) in [7, 11) is 0. The van der Waals surface area contributed by atoms with Gasteiger partial charge >= 0.3 is 0 Å². The van der Waals surface area contributed by atoms with E-state index in [9.17, 15) is 0 Å². The summed E-state index contributed by atoms with van der Waals surface area (Å²) in [5.41, 5.74) is 2.27. The predicted molar refractivity (Wildman–Crippen MR) is 61.9 cm³/mol. The molecule has 1 N–H and O–H groups in total. The van der Waals surface area contributed by atoms with Gasteiger partial charge in [-0.25, -0.2) is 0 Å². The van der Waals surface area contributed by atoms with E-state index in [-0.39, 0.29) is 6.61 Å². The third-order valence-electron chi connectivity index (χ3n) is 2.50. The lowest BCUT2D eigenvalue weighted by Crippen LogP contribution is -2.32. The molecule has 1 saturated heterocycles. The van der Waals surface area contributed by atoms with Crippen molar-refractivity contribution in [3.63, 3.8) is 0 Å². The van der Waals surface area contributed by atoms with Crippen LogP contribution in [0.3, 0.4) is 0 Å². The van der Waals surface area contributed by atoms with Gasteiger partial charge in [-0.05, 0) is 17.7 Å². The lowest BCUT2D eigenvalue weighted by Gasteiger charge is -2.28. The Morgan fingerprint density at radius 1 is 1.14 bits per heavy atom. The van der Waals surface area contributed by atoms with Crippen LogP contribution in [0.15, 0.2) is 24.3 Å². The van der Waals surface area contributed by atoms with Crippen LogP contribution in [0.4, 0.5) is 5.69 Å². The first-order valence-electron chi connectivity index (χ1n) is 4.92. The number of rotatable bonds is 2. The molecule has 0 unspecified atom stereocenters. The monoisotopic (exact) mass is 209 g/mol. The van der Waals surface area contributed by atoms with Gasteiger partial charge in [-0.2, -0.15) is 11.8 Å². The maximum atomic E-state index is 8.92. The molecule has 1 heterocycles. The number of aliphatic hydroxyl groups excluding tert-OH is 1. The average Bonchev–Trinajstić information content (AvgIpc) is 2.30. The Labute approximate surface area is 88.9 Å². The molecule has 1 aliphatic heterocycles. The van der Waals surface area contributed by atoms with Crippen molar-refractivity contribution >= 4 is 17.4 Å². The molecule has 1 aromatic carbocycles. The molecule has 2 nitrogen and oxygen atoms in total. The first-order valence-corrected chi connectivity index (χ1v) is 6.08. The second kappa shape index (κ2) is 4.71. The minimum Gasteiger partial charge on any atom is -0.392 e. The van der Waals surface area contributed by atoms with Crippen molar-refractivity contribution < 1.29 is 5.11 Å². The smallest absolute Gasteiger partial charge is 0.0681 e. The van der Waals surface area contributed by atoms with Gasteiger partial charge in [0.2, 0.25) is 0 Å². The molecule has 3 heteroatoms. The van der Waals surface area contributed by atoms with Gasteiger partial charge in [-0.15, -0.1) is 0 Å². The normalized spacial score (nSPS) is 17.1. The third kappa shape index (κ3) is 2.22. The maximum Gasteiger partial charge on any atom is 0.0681 e. The van der Waals surface area contributed by atoms with E-state index in [0.717, 1.165) is 18.7 Å². The number of anilines is 1. The number of thioether (sulfide) groups is 1. The molecule has 0 radical (unpaired) electrons. The van der Waals surface area contributed by atoms with Crippen molar-refractivity contribution in [2.75, 3.05) is 29.5 Å². The number of aliphatic hydroxyl groups is 1. The van der Waals surface area contributed by atoms with Crippen molar-refractivity contribution in [3.8, 4) is 0 Å². The fraction of sp³-hybridized carbons (Fsp3) is 0.455. The highest BCUT2D eigenvalue weighted by Gasteiger charge is 2.10. The van der Waals surface area contributed by atoms with Crippen molar-refractivity contribution in [1.82, 2.24) is 0 Å². The second-order valence-electron chi connectivity index (χ2n) is 3.42. The SMILES string of the molecule is OCc1ccc(N2CCSCC2)cc1. The molecular weight excluding hydrogens is 194 g/mol. The minimum atomic E-state index is 0.135. The Balaban J connectivity index is 2.07. The zero-order valence-corrected chi connectivity index (χ0v) is 8.96. The van der Waals surface area contributed by atoms with Gasteiger partial charge < -0.3 is 10.0 Å². The van der Waals surface area contributed by atoms with Crippen LogP contribution in [-0.4, -0.2) is 29.7 Å². The number of hydrogen-bond acceptors (Lipinski definition) is 3. The minimum absolute atomic E-state index is 0.135. The van der Waals surface area contributed by atoms with E-state index in [2.05, 4.69) is 17.0 Å². The van der Waals surface area contributed by atoms with Gasteiger partial charge in [0.25, 0.3) is 0 Å². The molecule has 1 aliphatic rings. The summed E-state index contributed by atoms with van der Waals surface area (Å²) in [6.45, 7) is 2.42. The molecule has 1 aromatic rings. The van der Waals surface area contributed by atoms with Crippen LogP contribution >= 0.6 is 11.8 Å². The van der Waals surface area contributed by atoms with Gasteiger partial charge in [-0.1, -0.05) is 12.1 Å². The van der Waals surface area contributed by atoms with Crippen molar-refractivity contribution in [2.45, 2.75) is 6.61 Å². The first-order chi connectivity index (χ1) is 6.90. The molecular formula is C11H15NOS. The fourth-order valence-corrected chi connectivity index (χ4v) is 2.54. The van der Waals surface area contributed by atoms with Crippen LogP contribution in [-0.2, 0) is 6.61 Å². The summed E-state index contributed by atoms with van der Waals surface area (Å²) in [4.78, 5) is 2.40. The largest absolute Gasteiger partial charge is 0.392 e. The highest BCUT2D eigenvalue weighted by Crippen LogP contribution is 2.19. The van der Waals surface area contributed by atoms with Gasteiger partial charge in [0.1, 0.15) is 0 Å². The Bertz CT molecular complexity index is 280. The zero-order chi connectivity index (χ0) is 9.80. The van der Waals surface area contributed by atoms with E-state index in [1.165, 1.54) is 17.2 Å². The van der Waals surface area contributed by atoms with Crippen molar-refractivity contribution in [1.29, 1.82) is 0 Å². The molecule has 2 rings (SSSR count). The molecule has 0 atom stereocenters. The topological polar surface area (TPSA) is 23.5 Å². The van der Waals surface area contributed by atoms with Crippen LogP contribution < -0.4 is 4.90 Å². The molecule has 0 spiro atoms. The lowest BCUT2D eigenvalue weighted by atomic mass is 10.2. The first kappa shape index (κ1) is 9.87. The summed E-state index contributed by atoms with van der Waals surface area (Å²) < 4.78 is 0. The second-order valence-corrected chi connectivity index (χ2v) is 4.65. The molecule has 76 valence electrons. The Morgan fingerprint density at radius 2 is 1.79 bits per heavy atom. The highest BCUT2D eigenvalue weighted by atomic mass is 32.2. The molecule has 1 fully saturated rings. The Morgan fingerprint density at radius 3 is 2.36 bits per heavy atom. The lowest BCUT2D eigenvalue weighted by molar-refractivity contribution is 0.282. The van der Waals surface area contributed by atoms with Crippen molar-refractivity contribution in [2.24, 2.45) is 0 Å². The highest BCUT2D eigenvalue weighted by molar-refractivity contribution is 7.99. The van der Waals surface area contributed by atoms with E-state index in [0.29, 0.717) is 0 Å². The summed E-state index contributed by atoms with van der Waals surface area (Å²) in [6, 6.07) is 8.19. The van der Waals surface area contributed by atoms with E-state index in [4.69, 9.17) is 5.11 Å². The van der Waals surface area contributed by atoms with E-state index in [1.807, 2.05) is 23.9 Å².